The number of aliphatic hydroxyl groups is 2. The Labute approximate surface area is 348 Å². The number of aliphatic hydroxyl groups excluding tert-OH is 2. The van der Waals surface area contributed by atoms with E-state index in [0.717, 1.165) is 11.6 Å². The second-order valence-corrected chi connectivity index (χ2v) is 13.7. The van der Waals surface area contributed by atoms with Crippen LogP contribution in [-0.4, -0.2) is 30.1 Å². The number of halogens is 5. The fourth-order valence-corrected chi connectivity index (χ4v) is 6.87. The SMILES string of the molecule is CC.O=c1[nH]ccc2c(Nc3cc(-c4ccc(CO)o4)ccc3Cl)nc3ccc(F)cc3c12.O=c1[nH]ccc2c(Nc3cc(CO)c(F)cc3Cl)nc3ccc(F)cc3c12. The molecule has 0 aliphatic rings. The number of fused-ring (bicyclic) bond motifs is 6. The molecule has 16 heteroatoms. The van der Waals surface area contributed by atoms with Crippen LogP contribution in [0.1, 0.15) is 25.2 Å². The molecule has 11 nitrogen and oxygen atoms in total. The van der Waals surface area contributed by atoms with Gasteiger partial charge in [0.05, 0.1) is 49.8 Å². The number of hydrogen-bond donors (Lipinski definition) is 6. The van der Waals surface area contributed by atoms with Crippen LogP contribution in [0.25, 0.3) is 54.7 Å². The lowest BCUT2D eigenvalue weighted by molar-refractivity contribution is 0.248. The molecule has 0 amide bonds. The Morgan fingerprint density at radius 2 is 1.18 bits per heavy atom. The van der Waals surface area contributed by atoms with Crippen molar-refractivity contribution in [3.63, 3.8) is 0 Å². The number of benzene rings is 4. The highest BCUT2D eigenvalue weighted by molar-refractivity contribution is 6.34. The molecule has 0 radical (unpaired) electrons. The number of nitrogens with one attached hydrogen (secondary N) is 4. The van der Waals surface area contributed by atoms with Crippen LogP contribution in [0.5, 0.6) is 0 Å². The first kappa shape index (κ1) is 41.4. The molecule has 9 rings (SSSR count). The lowest BCUT2D eigenvalue weighted by Gasteiger charge is -2.13. The lowest BCUT2D eigenvalue weighted by atomic mass is 10.1. The summed E-state index contributed by atoms with van der Waals surface area (Å²) in [6, 6.07) is 22.6. The van der Waals surface area contributed by atoms with Gasteiger partial charge in [0.25, 0.3) is 11.1 Å². The van der Waals surface area contributed by atoms with Gasteiger partial charge in [-0.2, -0.15) is 0 Å². The molecule has 0 unspecified atom stereocenters. The molecule has 0 bridgehead atoms. The molecule has 60 heavy (non-hydrogen) atoms. The topological polar surface area (TPSA) is 169 Å². The van der Waals surface area contributed by atoms with E-state index >= 15 is 0 Å². The highest BCUT2D eigenvalue weighted by Crippen LogP contribution is 2.36. The molecule has 0 aliphatic heterocycles. The van der Waals surface area contributed by atoms with Crippen molar-refractivity contribution in [2.24, 2.45) is 0 Å². The van der Waals surface area contributed by atoms with Gasteiger partial charge in [-0.1, -0.05) is 37.0 Å². The summed E-state index contributed by atoms with van der Waals surface area (Å²) in [5.41, 5.74) is 1.82. The van der Waals surface area contributed by atoms with Gasteiger partial charge >= 0.3 is 0 Å². The van der Waals surface area contributed by atoms with Crippen molar-refractivity contribution in [1.82, 2.24) is 19.9 Å². The third kappa shape index (κ3) is 8.26. The molecule has 0 saturated carbocycles. The van der Waals surface area contributed by atoms with Gasteiger partial charge < -0.3 is 35.2 Å². The first-order valence-electron chi connectivity index (χ1n) is 18.3. The maximum atomic E-state index is 13.8. The van der Waals surface area contributed by atoms with E-state index in [-0.39, 0.29) is 28.1 Å². The van der Waals surface area contributed by atoms with E-state index in [4.69, 9.17) is 27.6 Å². The Morgan fingerprint density at radius 3 is 1.70 bits per heavy atom. The molecule has 9 aromatic rings. The van der Waals surface area contributed by atoms with E-state index < -0.39 is 29.6 Å². The zero-order valence-electron chi connectivity index (χ0n) is 31.6. The fraction of sp³-hybridized carbons (Fsp3) is 0.0909. The lowest BCUT2D eigenvalue weighted by Crippen LogP contribution is -2.08. The number of rotatable bonds is 7. The van der Waals surface area contributed by atoms with Crippen LogP contribution < -0.4 is 21.8 Å². The molecule has 0 aliphatic carbocycles. The quantitative estimate of drug-likeness (QED) is 0.0855. The summed E-state index contributed by atoms with van der Waals surface area (Å²) in [5, 5.41) is 27.6. The summed E-state index contributed by atoms with van der Waals surface area (Å²) in [6.45, 7) is 3.31. The molecule has 6 N–H and O–H groups in total. The molecule has 0 atom stereocenters. The highest BCUT2D eigenvalue weighted by Gasteiger charge is 2.17. The number of furan rings is 1. The summed E-state index contributed by atoms with van der Waals surface area (Å²) in [7, 11) is 0. The molecule has 0 saturated heterocycles. The van der Waals surface area contributed by atoms with Crippen LogP contribution in [0.3, 0.4) is 0 Å². The Morgan fingerprint density at radius 1 is 0.633 bits per heavy atom. The minimum atomic E-state index is -0.628. The minimum absolute atomic E-state index is 0.0620. The normalized spacial score (nSPS) is 11.0. The summed E-state index contributed by atoms with van der Waals surface area (Å²) in [6.07, 6.45) is 2.97. The summed E-state index contributed by atoms with van der Waals surface area (Å²) in [5.74, 6) is 0.179. The number of pyridine rings is 4. The molecule has 0 spiro atoms. The van der Waals surface area contributed by atoms with Crippen molar-refractivity contribution < 1.29 is 27.8 Å². The highest BCUT2D eigenvalue weighted by atomic mass is 35.5. The van der Waals surface area contributed by atoms with E-state index in [1.165, 1.54) is 54.9 Å². The second kappa shape index (κ2) is 17.6. The van der Waals surface area contributed by atoms with Crippen molar-refractivity contribution in [1.29, 1.82) is 0 Å². The number of aromatic nitrogens is 4. The van der Waals surface area contributed by atoms with Gasteiger partial charge in [-0.05, 0) is 91.0 Å². The van der Waals surface area contributed by atoms with Crippen LogP contribution in [-0.2, 0) is 13.2 Å². The Bertz CT molecular complexity index is 3190. The van der Waals surface area contributed by atoms with E-state index in [0.29, 0.717) is 77.5 Å². The van der Waals surface area contributed by atoms with Crippen LogP contribution in [0, 0.1) is 17.5 Å². The molecule has 304 valence electrons. The van der Waals surface area contributed by atoms with Crippen LogP contribution in [0.4, 0.5) is 36.2 Å². The number of aromatic amines is 2. The standard InChI is InChI=1S/C23H15ClFN3O3.C19H12ClF2N3O2.C2H6/c24-17-4-1-12(20-6-3-14(11-29)31-20)9-19(17)28-22-15-7-8-26-23(30)21(15)16-10-13(25)2-5-18(16)27-22;20-13-7-14(22)9(8-26)5-16(13)25-18-11-3-4-23-19(27)17(11)12-6-10(21)1-2-15(12)24-18;1-2/h1-10,29H,11H2,(H,26,30)(H,27,28);1-7,26H,8H2,(H,23,27)(H,24,25);1-2H3. The van der Waals surface area contributed by atoms with Gasteiger partial charge in [-0.3, -0.25) is 9.59 Å². The van der Waals surface area contributed by atoms with Gasteiger partial charge in [-0.25, -0.2) is 23.1 Å². The van der Waals surface area contributed by atoms with Crippen molar-refractivity contribution in [2.75, 3.05) is 10.6 Å². The van der Waals surface area contributed by atoms with E-state index in [1.807, 2.05) is 13.8 Å². The Kier molecular flexibility index (Phi) is 12.2. The summed E-state index contributed by atoms with van der Waals surface area (Å²) in [4.78, 5) is 39.2. The average Bonchev–Trinajstić information content (AvgIpc) is 3.74. The molecular weight excluding hydrogens is 820 g/mol. The molecule has 5 heterocycles. The Balaban J connectivity index is 0.000000176. The van der Waals surface area contributed by atoms with Gasteiger partial charge in [0.2, 0.25) is 0 Å². The van der Waals surface area contributed by atoms with E-state index in [1.54, 1.807) is 42.5 Å². The molecule has 0 fully saturated rings. The van der Waals surface area contributed by atoms with Gasteiger partial charge in [0.1, 0.15) is 47.2 Å². The van der Waals surface area contributed by atoms with Crippen LogP contribution in [0.15, 0.2) is 117 Å². The summed E-state index contributed by atoms with van der Waals surface area (Å²) >= 11 is 12.5. The van der Waals surface area contributed by atoms with Crippen molar-refractivity contribution in [2.45, 2.75) is 27.1 Å². The van der Waals surface area contributed by atoms with Crippen LogP contribution >= 0.6 is 23.2 Å². The Hall–Kier alpha value is -6.71. The zero-order valence-corrected chi connectivity index (χ0v) is 33.1. The van der Waals surface area contributed by atoms with E-state index in [9.17, 15) is 33.0 Å². The fourth-order valence-electron chi connectivity index (χ4n) is 6.51. The number of hydrogen-bond acceptors (Lipinski definition) is 9. The number of H-pyrrole nitrogens is 2. The number of nitrogens with zero attached hydrogens (tertiary/aromatic N) is 2. The summed E-state index contributed by atoms with van der Waals surface area (Å²) < 4.78 is 46.9. The van der Waals surface area contributed by atoms with Gasteiger partial charge in [0.15, 0.2) is 0 Å². The number of anilines is 4. The van der Waals surface area contributed by atoms with Crippen molar-refractivity contribution in [3.8, 4) is 11.3 Å². The largest absolute Gasteiger partial charge is 0.459 e. The van der Waals surface area contributed by atoms with E-state index in [2.05, 4.69) is 30.6 Å². The smallest absolute Gasteiger partial charge is 0.256 e. The first-order valence-corrected chi connectivity index (χ1v) is 19.1. The average molecular weight is 854 g/mol. The third-order valence-electron chi connectivity index (χ3n) is 9.23. The minimum Gasteiger partial charge on any atom is -0.459 e. The molecular formula is C44H33Cl2F3N6O5. The molecule has 5 aromatic heterocycles. The maximum absolute atomic E-state index is 13.8. The monoisotopic (exact) mass is 852 g/mol. The third-order valence-corrected chi connectivity index (χ3v) is 9.88. The molecule has 4 aromatic carbocycles. The first-order chi connectivity index (χ1) is 29.0. The van der Waals surface area contributed by atoms with Crippen molar-refractivity contribution in [3.05, 3.63) is 163 Å². The van der Waals surface area contributed by atoms with Crippen LogP contribution in [0.2, 0.25) is 10.0 Å². The van der Waals surface area contributed by atoms with Crippen molar-refractivity contribution >= 4 is 89.6 Å². The predicted octanol–water partition coefficient (Wildman–Crippen LogP) is 10.6. The maximum Gasteiger partial charge on any atom is 0.256 e. The zero-order chi connectivity index (χ0) is 42.7. The predicted molar refractivity (Wildman–Crippen MR) is 230 cm³/mol. The van der Waals surface area contributed by atoms with Gasteiger partial charge in [0, 0.05) is 45.1 Å². The van der Waals surface area contributed by atoms with Gasteiger partial charge in [-0.15, -0.1) is 0 Å². The second-order valence-electron chi connectivity index (χ2n) is 12.9.